The molecule has 36 heavy (non-hydrogen) atoms. The predicted molar refractivity (Wildman–Crippen MR) is 136 cm³/mol. The molecule has 1 spiro atoms. The van der Waals surface area contributed by atoms with Crippen LogP contribution in [0.5, 0.6) is 11.5 Å². The van der Waals surface area contributed by atoms with Crippen molar-refractivity contribution < 1.29 is 23.8 Å². The van der Waals surface area contributed by atoms with E-state index in [4.69, 9.17) is 15.2 Å². The van der Waals surface area contributed by atoms with Gasteiger partial charge in [-0.15, -0.1) is 0 Å². The van der Waals surface area contributed by atoms with Gasteiger partial charge >= 0.3 is 5.97 Å². The van der Waals surface area contributed by atoms with Crippen LogP contribution in [0.3, 0.4) is 0 Å². The first-order valence-electron chi connectivity index (χ1n) is 12.3. The Balaban J connectivity index is 1.50. The summed E-state index contributed by atoms with van der Waals surface area (Å²) in [7, 11) is 0. The number of benzene rings is 2. The fourth-order valence-electron chi connectivity index (χ4n) is 5.36. The number of rotatable bonds is 7. The van der Waals surface area contributed by atoms with E-state index in [1.807, 2.05) is 24.3 Å². The van der Waals surface area contributed by atoms with E-state index in [0.29, 0.717) is 17.2 Å². The third kappa shape index (κ3) is 3.83. The monoisotopic (exact) mass is 495 g/mol. The summed E-state index contributed by atoms with van der Waals surface area (Å²) in [5.74, 6) is -0.911. The minimum absolute atomic E-state index is 0.0443. The first-order chi connectivity index (χ1) is 17.2. The van der Waals surface area contributed by atoms with Gasteiger partial charge in [-0.05, 0) is 36.5 Å². The minimum atomic E-state index is -1.37. The number of anilines is 2. The average Bonchev–Trinajstić information content (AvgIpc) is 3.32. The van der Waals surface area contributed by atoms with Crippen molar-refractivity contribution in [2.24, 2.45) is 0 Å². The minimum Gasteiger partial charge on any atom is -0.492 e. The topological polar surface area (TPSA) is 116 Å². The number of ether oxygens (including phenoxy) is 2. The van der Waals surface area contributed by atoms with Gasteiger partial charge in [-0.3, -0.25) is 4.79 Å². The highest BCUT2D eigenvalue weighted by atomic mass is 19.1. The van der Waals surface area contributed by atoms with E-state index in [0.717, 1.165) is 25.7 Å². The van der Waals surface area contributed by atoms with E-state index in [1.54, 1.807) is 4.57 Å². The lowest BCUT2D eigenvalue weighted by atomic mass is 9.93. The zero-order chi connectivity index (χ0) is 25.6. The van der Waals surface area contributed by atoms with Crippen LogP contribution in [-0.4, -0.2) is 35.4 Å². The van der Waals surface area contributed by atoms with Crippen molar-refractivity contribution in [3.8, 4) is 11.5 Å². The Hall–Kier alpha value is -3.75. The number of nitrogens with one attached hydrogen (secondary N) is 1. The molecule has 2 heterocycles. The molecule has 9 heteroatoms. The van der Waals surface area contributed by atoms with Gasteiger partial charge in [0.15, 0.2) is 11.6 Å². The van der Waals surface area contributed by atoms with Crippen LogP contribution >= 0.6 is 0 Å². The maximum Gasteiger partial charge on any atom is 0.341 e. The highest BCUT2D eigenvalue weighted by Crippen LogP contribution is 2.48. The summed E-state index contributed by atoms with van der Waals surface area (Å²) >= 11 is 0. The summed E-state index contributed by atoms with van der Waals surface area (Å²) in [5, 5.41) is 12.5. The fraction of sp³-hybridized carbons (Fsp3) is 0.407. The lowest BCUT2D eigenvalue weighted by Crippen LogP contribution is -2.42. The number of hydrogen-bond donors (Lipinski definition) is 3. The van der Waals surface area contributed by atoms with Crippen molar-refractivity contribution in [1.82, 2.24) is 4.57 Å². The van der Waals surface area contributed by atoms with Crippen LogP contribution in [0.2, 0.25) is 0 Å². The van der Waals surface area contributed by atoms with Crippen LogP contribution in [-0.2, 0) is 5.54 Å². The van der Waals surface area contributed by atoms with E-state index in [2.05, 4.69) is 19.2 Å². The molecular weight excluding hydrogens is 465 g/mol. The molecule has 8 nitrogen and oxygen atoms in total. The molecule has 0 bridgehead atoms. The second-order valence-electron chi connectivity index (χ2n) is 9.92. The summed E-state index contributed by atoms with van der Waals surface area (Å²) in [6.45, 7) is 5.01. The van der Waals surface area contributed by atoms with Gasteiger partial charge in [0.25, 0.3) is 0 Å². The molecule has 0 amide bonds. The first kappa shape index (κ1) is 24.0. The quantitative estimate of drug-likeness (QED) is 0.321. The second kappa shape index (κ2) is 9.04. The van der Waals surface area contributed by atoms with E-state index >= 15 is 4.39 Å². The molecule has 0 unspecified atom stereocenters. The van der Waals surface area contributed by atoms with Crippen molar-refractivity contribution >= 4 is 28.2 Å². The van der Waals surface area contributed by atoms with E-state index in [1.165, 1.54) is 11.8 Å². The summed E-state index contributed by atoms with van der Waals surface area (Å²) in [6.07, 6.45) is 4.81. The number of nitrogen functional groups attached to an aromatic ring is 1. The Bertz CT molecular complexity index is 1390. The number of aromatic carboxylic acids is 1. The number of carbonyl (C=O) groups is 1. The fourth-order valence-corrected chi connectivity index (χ4v) is 5.36. The van der Waals surface area contributed by atoms with Crippen LogP contribution in [0.25, 0.3) is 10.9 Å². The smallest absolute Gasteiger partial charge is 0.341 e. The molecule has 1 aliphatic carbocycles. The Morgan fingerprint density at radius 3 is 2.61 bits per heavy atom. The largest absolute Gasteiger partial charge is 0.492 e. The van der Waals surface area contributed by atoms with Gasteiger partial charge in [-0.25, -0.2) is 9.18 Å². The molecule has 1 aromatic heterocycles. The number of carboxylic acid groups (broad SMARTS) is 1. The zero-order valence-electron chi connectivity index (χ0n) is 20.4. The summed E-state index contributed by atoms with van der Waals surface area (Å²) in [5.41, 5.74) is 5.59. The summed E-state index contributed by atoms with van der Waals surface area (Å²) in [6, 6.07) is 7.82. The van der Waals surface area contributed by atoms with Crippen molar-refractivity contribution in [1.29, 1.82) is 0 Å². The standard InChI is InChI=1S/C27H30FN3O5/c1-15(2)16-5-7-17(8-6-16)35-12-11-30-22-20(28)21(29)19-23-25(22)36-14-27(9-3-4-10-27)31(23)13-18(24(19)32)26(33)34/h5-8,13,15,30H,3-4,9-12,14,29H2,1-2H3,(H,33,34). The predicted octanol–water partition coefficient (Wildman–Crippen LogP) is 4.70. The zero-order valence-corrected chi connectivity index (χ0v) is 20.4. The van der Waals surface area contributed by atoms with Crippen molar-refractivity contribution in [3.63, 3.8) is 0 Å². The molecule has 5 rings (SSSR count). The number of aromatic nitrogens is 1. The highest BCUT2D eigenvalue weighted by Gasteiger charge is 2.43. The van der Waals surface area contributed by atoms with Crippen LogP contribution in [0.1, 0.15) is 61.4 Å². The SMILES string of the molecule is CC(C)c1ccc(OCCNc2c(F)c(N)c3c(=O)c(C(=O)O)cn4c3c2OCC42CCCC2)cc1. The molecule has 190 valence electrons. The molecular formula is C27H30FN3O5. The Labute approximate surface area is 207 Å². The van der Waals surface area contributed by atoms with Gasteiger partial charge < -0.3 is 30.2 Å². The van der Waals surface area contributed by atoms with Crippen LogP contribution in [0.4, 0.5) is 15.8 Å². The van der Waals surface area contributed by atoms with Gasteiger partial charge in [0.05, 0.1) is 22.1 Å². The molecule has 0 saturated heterocycles. The van der Waals surface area contributed by atoms with Gasteiger partial charge in [0.2, 0.25) is 5.43 Å². The maximum atomic E-state index is 15.5. The molecule has 0 radical (unpaired) electrons. The van der Waals surface area contributed by atoms with Crippen LogP contribution in [0, 0.1) is 5.82 Å². The molecule has 1 aliphatic heterocycles. The van der Waals surface area contributed by atoms with Gasteiger partial charge in [0.1, 0.15) is 30.2 Å². The molecule has 3 aromatic rings. The number of nitrogens with two attached hydrogens (primary N) is 1. The van der Waals surface area contributed by atoms with Crippen molar-refractivity contribution in [2.45, 2.75) is 51.0 Å². The molecule has 2 aliphatic rings. The van der Waals surface area contributed by atoms with Gasteiger partial charge in [-0.2, -0.15) is 0 Å². The van der Waals surface area contributed by atoms with Crippen LogP contribution < -0.4 is 26.0 Å². The number of halogens is 1. The lowest BCUT2D eigenvalue weighted by molar-refractivity contribution is 0.0692. The first-order valence-corrected chi connectivity index (χ1v) is 12.3. The van der Waals surface area contributed by atoms with E-state index in [9.17, 15) is 14.7 Å². The normalized spacial score (nSPS) is 15.9. The number of hydrogen-bond acceptors (Lipinski definition) is 6. The Morgan fingerprint density at radius 1 is 1.28 bits per heavy atom. The number of carboxylic acids is 1. The number of pyridine rings is 1. The number of fused-ring (bicyclic) bond motifs is 1. The summed E-state index contributed by atoms with van der Waals surface area (Å²) < 4.78 is 29.2. The maximum absolute atomic E-state index is 15.5. The molecule has 1 fully saturated rings. The lowest BCUT2D eigenvalue weighted by Gasteiger charge is -2.39. The third-order valence-corrected chi connectivity index (χ3v) is 7.36. The van der Waals surface area contributed by atoms with Gasteiger partial charge in [-0.1, -0.05) is 38.8 Å². The van der Waals surface area contributed by atoms with Gasteiger partial charge in [0, 0.05) is 12.7 Å². The van der Waals surface area contributed by atoms with E-state index in [-0.39, 0.29) is 42.3 Å². The molecule has 1 saturated carbocycles. The average molecular weight is 496 g/mol. The van der Waals surface area contributed by atoms with Crippen molar-refractivity contribution in [3.05, 3.63) is 57.6 Å². The third-order valence-electron chi connectivity index (χ3n) is 7.36. The molecule has 2 aromatic carbocycles. The summed E-state index contributed by atoms with van der Waals surface area (Å²) in [4.78, 5) is 24.9. The second-order valence-corrected chi connectivity index (χ2v) is 9.92. The van der Waals surface area contributed by atoms with Crippen LogP contribution in [0.15, 0.2) is 35.3 Å². The molecule has 0 atom stereocenters. The Kier molecular flexibility index (Phi) is 6.02. The number of nitrogens with zero attached hydrogens (tertiary/aromatic N) is 1. The Morgan fingerprint density at radius 2 is 1.97 bits per heavy atom. The molecule has 4 N–H and O–H groups in total. The van der Waals surface area contributed by atoms with Crippen molar-refractivity contribution in [2.75, 3.05) is 30.8 Å². The highest BCUT2D eigenvalue weighted by molar-refractivity contribution is 6.03. The van der Waals surface area contributed by atoms with E-state index < -0.39 is 28.3 Å².